The van der Waals surface area contributed by atoms with E-state index < -0.39 is 17.7 Å². The molecule has 0 saturated heterocycles. The topological polar surface area (TPSA) is 37.3 Å². The number of aromatic nitrogens is 1. The standard InChI is InChI=1S/C22H22ClF2N3O/c1-2-10-28(22(29)26-21-9-8-18(24)13-20(21)25)15-19-7-4-11-27(19)14-16-5-3-6-17(23)12-16/h3-9,11-13H,2,10,14-15H2,1H3,(H,26,29). The molecular weight excluding hydrogens is 396 g/mol. The number of urea groups is 1. The molecule has 0 spiro atoms. The Morgan fingerprint density at radius 1 is 1.14 bits per heavy atom. The lowest BCUT2D eigenvalue weighted by Crippen LogP contribution is -2.36. The number of hydrogen-bond acceptors (Lipinski definition) is 1. The van der Waals surface area contributed by atoms with Gasteiger partial charge in [0.15, 0.2) is 0 Å². The minimum atomic E-state index is -0.806. The minimum absolute atomic E-state index is 0.0492. The van der Waals surface area contributed by atoms with Gasteiger partial charge in [-0.25, -0.2) is 13.6 Å². The molecule has 0 aliphatic rings. The lowest BCUT2D eigenvalue weighted by Gasteiger charge is -2.23. The summed E-state index contributed by atoms with van der Waals surface area (Å²) in [5, 5.41) is 3.20. The van der Waals surface area contributed by atoms with Crippen molar-refractivity contribution in [2.24, 2.45) is 0 Å². The third-order valence-electron chi connectivity index (χ3n) is 4.47. The molecule has 0 unspecified atom stereocenters. The van der Waals surface area contributed by atoms with Crippen LogP contribution in [0.15, 0.2) is 60.8 Å². The number of carbonyl (C=O) groups excluding carboxylic acids is 1. The summed E-state index contributed by atoms with van der Waals surface area (Å²) in [5.41, 5.74) is 1.94. The lowest BCUT2D eigenvalue weighted by molar-refractivity contribution is 0.207. The summed E-state index contributed by atoms with van der Waals surface area (Å²) < 4.78 is 29.0. The molecular formula is C22H22ClF2N3O. The summed E-state index contributed by atoms with van der Waals surface area (Å²) in [6.07, 6.45) is 2.69. The van der Waals surface area contributed by atoms with Crippen LogP contribution >= 0.6 is 11.6 Å². The van der Waals surface area contributed by atoms with Gasteiger partial charge in [-0.15, -0.1) is 0 Å². The molecule has 29 heavy (non-hydrogen) atoms. The van der Waals surface area contributed by atoms with Crippen LogP contribution in [0.2, 0.25) is 5.02 Å². The zero-order valence-electron chi connectivity index (χ0n) is 16.0. The largest absolute Gasteiger partial charge is 0.345 e. The van der Waals surface area contributed by atoms with E-state index in [0.717, 1.165) is 29.8 Å². The highest BCUT2D eigenvalue weighted by atomic mass is 35.5. The van der Waals surface area contributed by atoms with E-state index >= 15 is 0 Å². The summed E-state index contributed by atoms with van der Waals surface area (Å²) in [5.74, 6) is -1.50. The molecule has 2 aromatic carbocycles. The molecule has 0 atom stereocenters. The van der Waals surface area contributed by atoms with Crippen LogP contribution in [0.1, 0.15) is 24.6 Å². The minimum Gasteiger partial charge on any atom is -0.345 e. The van der Waals surface area contributed by atoms with Gasteiger partial charge in [-0.1, -0.05) is 30.7 Å². The molecule has 0 fully saturated rings. The maximum Gasteiger partial charge on any atom is 0.322 e. The number of rotatable bonds is 7. The maximum absolute atomic E-state index is 13.9. The summed E-state index contributed by atoms with van der Waals surface area (Å²) in [4.78, 5) is 14.3. The van der Waals surface area contributed by atoms with Crippen molar-refractivity contribution in [1.82, 2.24) is 9.47 Å². The van der Waals surface area contributed by atoms with E-state index in [2.05, 4.69) is 5.32 Å². The van der Waals surface area contributed by atoms with Crippen molar-refractivity contribution in [3.05, 3.63) is 88.7 Å². The van der Waals surface area contributed by atoms with Crippen molar-refractivity contribution in [2.45, 2.75) is 26.4 Å². The molecule has 1 heterocycles. The molecule has 7 heteroatoms. The average molecular weight is 418 g/mol. The van der Waals surface area contributed by atoms with Crippen molar-refractivity contribution < 1.29 is 13.6 Å². The first-order valence-electron chi connectivity index (χ1n) is 9.35. The Morgan fingerprint density at radius 3 is 2.69 bits per heavy atom. The number of carbonyl (C=O) groups is 1. The van der Waals surface area contributed by atoms with Crippen molar-refractivity contribution in [2.75, 3.05) is 11.9 Å². The van der Waals surface area contributed by atoms with Gasteiger partial charge in [0.2, 0.25) is 0 Å². The fourth-order valence-electron chi connectivity index (χ4n) is 3.08. The molecule has 1 aromatic heterocycles. The van der Waals surface area contributed by atoms with Gasteiger partial charge in [-0.3, -0.25) is 0 Å². The quantitative estimate of drug-likeness (QED) is 0.509. The van der Waals surface area contributed by atoms with Gasteiger partial charge < -0.3 is 14.8 Å². The molecule has 3 aromatic rings. The van der Waals surface area contributed by atoms with E-state index in [4.69, 9.17) is 11.6 Å². The molecule has 1 N–H and O–H groups in total. The van der Waals surface area contributed by atoms with E-state index in [1.165, 1.54) is 6.07 Å². The van der Waals surface area contributed by atoms with Crippen LogP contribution in [0.4, 0.5) is 19.3 Å². The predicted octanol–water partition coefficient (Wildman–Crippen LogP) is 5.91. The number of halogens is 3. The van der Waals surface area contributed by atoms with Crippen molar-refractivity contribution in [3.63, 3.8) is 0 Å². The highest BCUT2D eigenvalue weighted by Crippen LogP contribution is 2.18. The van der Waals surface area contributed by atoms with Crippen LogP contribution in [-0.2, 0) is 13.1 Å². The van der Waals surface area contributed by atoms with Gasteiger partial charge in [0, 0.05) is 36.1 Å². The smallest absolute Gasteiger partial charge is 0.322 e. The second-order valence-electron chi connectivity index (χ2n) is 6.73. The zero-order valence-corrected chi connectivity index (χ0v) is 16.8. The molecule has 2 amide bonds. The first kappa shape index (κ1) is 20.9. The van der Waals surface area contributed by atoms with Crippen LogP contribution < -0.4 is 5.32 Å². The second kappa shape index (κ2) is 9.56. The molecule has 0 aliphatic carbocycles. The number of nitrogens with zero attached hydrogens (tertiary/aromatic N) is 2. The molecule has 0 aliphatic heterocycles. The molecule has 0 radical (unpaired) electrons. The highest BCUT2D eigenvalue weighted by molar-refractivity contribution is 6.30. The molecule has 152 valence electrons. The SMILES string of the molecule is CCCN(Cc1cccn1Cc1cccc(Cl)c1)C(=O)Nc1ccc(F)cc1F. The van der Waals surface area contributed by atoms with Gasteiger partial charge in [0.25, 0.3) is 0 Å². The van der Waals surface area contributed by atoms with Gasteiger partial charge in [0.05, 0.1) is 12.2 Å². The molecule has 4 nitrogen and oxygen atoms in total. The average Bonchev–Trinajstić information content (AvgIpc) is 3.10. The Morgan fingerprint density at radius 2 is 1.97 bits per heavy atom. The number of anilines is 1. The first-order valence-corrected chi connectivity index (χ1v) is 9.73. The highest BCUT2D eigenvalue weighted by Gasteiger charge is 2.17. The van der Waals surface area contributed by atoms with E-state index in [9.17, 15) is 13.6 Å². The maximum atomic E-state index is 13.9. The van der Waals surface area contributed by atoms with Crippen LogP contribution in [0.3, 0.4) is 0 Å². The molecule has 3 rings (SSSR count). The number of hydrogen-bond donors (Lipinski definition) is 1. The molecule has 0 saturated carbocycles. The Labute approximate surface area is 173 Å². The van der Waals surface area contributed by atoms with Crippen molar-refractivity contribution in [1.29, 1.82) is 0 Å². The third-order valence-corrected chi connectivity index (χ3v) is 4.71. The van der Waals surface area contributed by atoms with Crippen LogP contribution in [0, 0.1) is 11.6 Å². The summed E-state index contributed by atoms with van der Waals surface area (Å²) in [6.45, 7) is 3.44. The van der Waals surface area contributed by atoms with Gasteiger partial charge in [-0.05, 0) is 48.4 Å². The fourth-order valence-corrected chi connectivity index (χ4v) is 3.30. The predicted molar refractivity (Wildman–Crippen MR) is 111 cm³/mol. The van der Waals surface area contributed by atoms with E-state index in [0.29, 0.717) is 24.7 Å². The number of amides is 2. The third kappa shape index (κ3) is 5.57. The second-order valence-corrected chi connectivity index (χ2v) is 7.17. The van der Waals surface area contributed by atoms with Crippen LogP contribution in [-0.4, -0.2) is 22.0 Å². The van der Waals surface area contributed by atoms with E-state index in [1.54, 1.807) is 4.90 Å². The summed E-state index contributed by atoms with van der Waals surface area (Å²) in [7, 11) is 0. The summed E-state index contributed by atoms with van der Waals surface area (Å²) >= 11 is 6.07. The van der Waals surface area contributed by atoms with Gasteiger partial charge >= 0.3 is 6.03 Å². The normalized spacial score (nSPS) is 10.8. The van der Waals surface area contributed by atoms with Crippen LogP contribution in [0.5, 0.6) is 0 Å². The Hall–Kier alpha value is -2.86. The fraction of sp³-hybridized carbons (Fsp3) is 0.227. The monoisotopic (exact) mass is 417 g/mol. The van der Waals surface area contributed by atoms with Crippen molar-refractivity contribution in [3.8, 4) is 0 Å². The van der Waals surface area contributed by atoms with Gasteiger partial charge in [-0.2, -0.15) is 0 Å². The Kier molecular flexibility index (Phi) is 6.88. The Bertz CT molecular complexity index is 990. The number of benzene rings is 2. The van der Waals surface area contributed by atoms with E-state index in [-0.39, 0.29) is 5.69 Å². The first-order chi connectivity index (χ1) is 14.0. The van der Waals surface area contributed by atoms with Gasteiger partial charge in [0.1, 0.15) is 11.6 Å². The van der Waals surface area contributed by atoms with E-state index in [1.807, 2.05) is 54.1 Å². The van der Waals surface area contributed by atoms with Crippen LogP contribution in [0.25, 0.3) is 0 Å². The summed E-state index contributed by atoms with van der Waals surface area (Å²) in [6, 6.07) is 14.1. The Balaban J connectivity index is 1.73. The zero-order chi connectivity index (χ0) is 20.8. The van der Waals surface area contributed by atoms with Crippen molar-refractivity contribution >= 4 is 23.3 Å². The lowest BCUT2D eigenvalue weighted by atomic mass is 10.2. The number of nitrogens with one attached hydrogen (secondary N) is 1. The molecule has 0 bridgehead atoms.